The molecule has 2 heterocycles. The first-order valence-electron chi connectivity index (χ1n) is 6.52. The summed E-state index contributed by atoms with van der Waals surface area (Å²) in [6.45, 7) is 1.41. The van der Waals surface area contributed by atoms with Crippen LogP contribution in [-0.4, -0.2) is 50.8 Å². The van der Waals surface area contributed by atoms with Gasteiger partial charge in [-0.3, -0.25) is 14.2 Å². The minimum absolute atomic E-state index is 0.187. The van der Waals surface area contributed by atoms with Gasteiger partial charge in [0.15, 0.2) is 6.23 Å². The highest BCUT2D eigenvalue weighted by Crippen LogP contribution is 2.28. The normalized spacial score (nSPS) is 28.5. The van der Waals surface area contributed by atoms with Crippen LogP contribution in [0.4, 0.5) is 0 Å². The molecular weight excluding hydrogens is 282 g/mol. The Morgan fingerprint density at radius 2 is 2.14 bits per heavy atom. The van der Waals surface area contributed by atoms with Gasteiger partial charge in [-0.1, -0.05) is 6.92 Å². The molecule has 1 aromatic rings. The molecule has 8 heteroatoms. The average molecular weight is 299 g/mol. The lowest BCUT2D eigenvalue weighted by atomic mass is 10.1. The first kappa shape index (κ1) is 15.5. The Balaban J connectivity index is 2.12. The van der Waals surface area contributed by atoms with Crippen molar-refractivity contribution < 1.29 is 29.6 Å². The highest BCUT2D eigenvalue weighted by Gasteiger charge is 2.44. The van der Waals surface area contributed by atoms with E-state index in [2.05, 4.69) is 0 Å². The van der Waals surface area contributed by atoms with E-state index in [9.17, 15) is 24.9 Å². The van der Waals surface area contributed by atoms with E-state index >= 15 is 0 Å². The van der Waals surface area contributed by atoms with Crippen molar-refractivity contribution in [3.8, 4) is 5.75 Å². The summed E-state index contributed by atoms with van der Waals surface area (Å²) in [4.78, 5) is 22.8. The van der Waals surface area contributed by atoms with Crippen molar-refractivity contribution in [1.29, 1.82) is 0 Å². The molecule has 0 aromatic carbocycles. The number of nitrogens with zero attached hydrogens (tertiary/aromatic N) is 1. The van der Waals surface area contributed by atoms with Gasteiger partial charge in [-0.05, 0) is 6.07 Å². The number of carbonyl (C=O) groups excluding carboxylic acids is 1. The van der Waals surface area contributed by atoms with Crippen LogP contribution in [0.2, 0.25) is 0 Å². The molecule has 1 saturated heterocycles. The Labute approximate surface area is 120 Å². The van der Waals surface area contributed by atoms with Crippen LogP contribution in [0.5, 0.6) is 5.75 Å². The highest BCUT2D eigenvalue weighted by molar-refractivity contribution is 5.68. The molecule has 0 spiro atoms. The molecule has 2 rings (SSSR count). The third-order valence-electron chi connectivity index (χ3n) is 3.24. The van der Waals surface area contributed by atoms with Crippen LogP contribution < -0.4 is 5.56 Å². The fourth-order valence-electron chi connectivity index (χ4n) is 2.06. The van der Waals surface area contributed by atoms with E-state index in [0.29, 0.717) is 0 Å². The summed E-state index contributed by atoms with van der Waals surface area (Å²) in [7, 11) is 0. The number of carbonyl (C=O) groups is 1. The Hall–Kier alpha value is -1.90. The molecule has 0 unspecified atom stereocenters. The van der Waals surface area contributed by atoms with Gasteiger partial charge in [-0.2, -0.15) is 0 Å². The number of hydrogen-bond acceptors (Lipinski definition) is 7. The van der Waals surface area contributed by atoms with Crippen molar-refractivity contribution in [3.63, 3.8) is 0 Å². The molecule has 1 aliphatic rings. The summed E-state index contributed by atoms with van der Waals surface area (Å²) in [5.74, 6) is -0.664. The Morgan fingerprint density at radius 1 is 1.43 bits per heavy atom. The number of ether oxygens (including phenoxy) is 2. The number of esters is 1. The van der Waals surface area contributed by atoms with E-state index in [1.807, 2.05) is 0 Å². The molecule has 0 radical (unpaired) electrons. The number of aliphatic hydroxyl groups excluding tert-OH is 2. The molecule has 3 N–H and O–H groups in total. The van der Waals surface area contributed by atoms with E-state index in [1.54, 1.807) is 6.92 Å². The van der Waals surface area contributed by atoms with Gasteiger partial charge in [-0.15, -0.1) is 0 Å². The zero-order valence-electron chi connectivity index (χ0n) is 11.4. The van der Waals surface area contributed by atoms with Crippen LogP contribution in [0, 0.1) is 0 Å². The van der Waals surface area contributed by atoms with Crippen LogP contribution >= 0.6 is 0 Å². The predicted octanol–water partition coefficient (Wildman–Crippen LogP) is -0.874. The van der Waals surface area contributed by atoms with Crippen LogP contribution in [0.1, 0.15) is 19.6 Å². The van der Waals surface area contributed by atoms with Gasteiger partial charge in [0.05, 0.1) is 0 Å². The quantitative estimate of drug-likeness (QED) is 0.618. The van der Waals surface area contributed by atoms with Gasteiger partial charge in [0, 0.05) is 18.7 Å². The lowest BCUT2D eigenvalue weighted by Gasteiger charge is -2.17. The molecule has 21 heavy (non-hydrogen) atoms. The summed E-state index contributed by atoms with van der Waals surface area (Å²) in [6.07, 6.45) is -3.25. The van der Waals surface area contributed by atoms with Crippen LogP contribution in [-0.2, 0) is 14.3 Å². The largest absolute Gasteiger partial charge is 0.508 e. The molecule has 0 amide bonds. The lowest BCUT2D eigenvalue weighted by molar-refractivity contribution is -0.149. The van der Waals surface area contributed by atoms with Crippen molar-refractivity contribution in [3.05, 3.63) is 28.7 Å². The van der Waals surface area contributed by atoms with E-state index in [-0.39, 0.29) is 18.8 Å². The fraction of sp³-hybridized carbons (Fsp3) is 0.538. The molecule has 116 valence electrons. The van der Waals surface area contributed by atoms with Gasteiger partial charge < -0.3 is 24.8 Å². The van der Waals surface area contributed by atoms with E-state index < -0.39 is 36.1 Å². The van der Waals surface area contributed by atoms with E-state index in [4.69, 9.17) is 9.47 Å². The van der Waals surface area contributed by atoms with Crippen molar-refractivity contribution in [2.24, 2.45) is 0 Å². The summed E-state index contributed by atoms with van der Waals surface area (Å²) in [5.41, 5.74) is -0.586. The minimum atomic E-state index is -1.35. The third-order valence-corrected chi connectivity index (χ3v) is 3.24. The lowest BCUT2D eigenvalue weighted by Crippen LogP contribution is -2.35. The second-order valence-corrected chi connectivity index (χ2v) is 4.71. The summed E-state index contributed by atoms with van der Waals surface area (Å²) >= 11 is 0. The molecule has 1 aliphatic heterocycles. The first-order valence-corrected chi connectivity index (χ1v) is 6.52. The summed E-state index contributed by atoms with van der Waals surface area (Å²) < 4.78 is 11.3. The number of aromatic hydroxyl groups is 1. The summed E-state index contributed by atoms with van der Waals surface area (Å²) in [6, 6.07) is 2.22. The number of pyridine rings is 1. The zero-order chi connectivity index (χ0) is 15.6. The molecule has 0 saturated carbocycles. The fourth-order valence-corrected chi connectivity index (χ4v) is 2.06. The SMILES string of the molecule is CCC(=O)OC[C@H]1O[C@@H](n2ccc(O)cc2=O)[C@H](O)[C@@H]1O. The molecule has 4 atom stereocenters. The van der Waals surface area contributed by atoms with Crippen LogP contribution in [0.25, 0.3) is 0 Å². The van der Waals surface area contributed by atoms with Gasteiger partial charge in [-0.25, -0.2) is 0 Å². The van der Waals surface area contributed by atoms with Crippen molar-refractivity contribution in [2.75, 3.05) is 6.61 Å². The maximum absolute atomic E-state index is 11.7. The number of aliphatic hydroxyl groups is 2. The van der Waals surface area contributed by atoms with Gasteiger partial charge in [0.1, 0.15) is 30.7 Å². The summed E-state index contributed by atoms with van der Waals surface area (Å²) in [5, 5.41) is 29.0. The second-order valence-electron chi connectivity index (χ2n) is 4.71. The number of aromatic nitrogens is 1. The van der Waals surface area contributed by atoms with Crippen molar-refractivity contribution >= 4 is 5.97 Å². The van der Waals surface area contributed by atoms with Gasteiger partial charge >= 0.3 is 5.97 Å². The molecule has 0 aliphatic carbocycles. The van der Waals surface area contributed by atoms with E-state index in [0.717, 1.165) is 10.6 Å². The number of hydrogen-bond donors (Lipinski definition) is 3. The van der Waals surface area contributed by atoms with Gasteiger partial charge in [0.2, 0.25) is 0 Å². The second kappa shape index (κ2) is 6.25. The average Bonchev–Trinajstić information content (AvgIpc) is 2.73. The van der Waals surface area contributed by atoms with Gasteiger partial charge in [0.25, 0.3) is 5.56 Å². The number of rotatable bonds is 4. The zero-order valence-corrected chi connectivity index (χ0v) is 11.4. The smallest absolute Gasteiger partial charge is 0.305 e. The first-order chi connectivity index (χ1) is 9.93. The maximum atomic E-state index is 11.7. The molecule has 0 bridgehead atoms. The molecular formula is C13H17NO7. The molecule has 1 aromatic heterocycles. The Bertz CT molecular complexity index is 570. The topological polar surface area (TPSA) is 118 Å². The molecule has 8 nitrogen and oxygen atoms in total. The van der Waals surface area contributed by atoms with Crippen molar-refractivity contribution in [2.45, 2.75) is 37.9 Å². The standard InChI is InChI=1S/C13H17NO7/c1-2-10(17)20-6-8-11(18)12(19)13(21-8)14-4-3-7(15)5-9(14)16/h3-5,8,11-13,15,18-19H,2,6H2,1H3/t8-,11-,12-,13-/m1/s1. The highest BCUT2D eigenvalue weighted by atomic mass is 16.6. The Morgan fingerprint density at radius 3 is 2.76 bits per heavy atom. The minimum Gasteiger partial charge on any atom is -0.508 e. The maximum Gasteiger partial charge on any atom is 0.305 e. The molecule has 1 fully saturated rings. The van der Waals surface area contributed by atoms with Crippen LogP contribution in [0.15, 0.2) is 23.1 Å². The van der Waals surface area contributed by atoms with Crippen molar-refractivity contribution in [1.82, 2.24) is 4.57 Å². The predicted molar refractivity (Wildman–Crippen MR) is 69.5 cm³/mol. The monoisotopic (exact) mass is 299 g/mol. The van der Waals surface area contributed by atoms with Crippen LogP contribution in [0.3, 0.4) is 0 Å². The third kappa shape index (κ3) is 3.23. The Kier molecular flexibility index (Phi) is 4.61. The van der Waals surface area contributed by atoms with E-state index in [1.165, 1.54) is 12.3 Å².